The molecule has 3 nitrogen and oxygen atoms in total. The van der Waals surface area contributed by atoms with Crippen LogP contribution in [-0.2, 0) is 0 Å². The lowest BCUT2D eigenvalue weighted by Crippen LogP contribution is -2.40. The summed E-state index contributed by atoms with van der Waals surface area (Å²) in [6.07, 6.45) is -0.322. The van der Waals surface area contributed by atoms with Gasteiger partial charge in [0.2, 0.25) is 0 Å². The SMILES string of the molecule is OC1CCC[C@@H](O)C1O. The van der Waals surface area contributed by atoms with Crippen molar-refractivity contribution in [2.24, 2.45) is 0 Å². The maximum Gasteiger partial charge on any atom is 0.106 e. The highest BCUT2D eigenvalue weighted by molar-refractivity contribution is 4.80. The van der Waals surface area contributed by atoms with Crippen molar-refractivity contribution < 1.29 is 15.3 Å². The lowest BCUT2D eigenvalue weighted by Gasteiger charge is -2.27. The molecule has 3 heteroatoms. The number of rotatable bonds is 0. The van der Waals surface area contributed by atoms with Crippen molar-refractivity contribution in [1.82, 2.24) is 0 Å². The first-order chi connectivity index (χ1) is 4.22. The number of aliphatic hydroxyl groups excluding tert-OH is 3. The second kappa shape index (κ2) is 2.64. The van der Waals surface area contributed by atoms with Crippen LogP contribution in [0.2, 0.25) is 0 Å². The molecule has 1 aliphatic rings. The summed E-state index contributed by atoms with van der Waals surface area (Å²) >= 11 is 0. The lowest BCUT2D eigenvalue weighted by molar-refractivity contribution is -0.0843. The molecule has 3 atom stereocenters. The summed E-state index contributed by atoms with van der Waals surface area (Å²) in [4.78, 5) is 0. The van der Waals surface area contributed by atoms with Crippen molar-refractivity contribution in [3.8, 4) is 0 Å². The predicted molar refractivity (Wildman–Crippen MR) is 31.9 cm³/mol. The summed E-state index contributed by atoms with van der Waals surface area (Å²) < 4.78 is 0. The van der Waals surface area contributed by atoms with E-state index in [2.05, 4.69) is 0 Å². The van der Waals surface area contributed by atoms with Crippen LogP contribution in [0.1, 0.15) is 19.3 Å². The highest BCUT2D eigenvalue weighted by atomic mass is 16.4. The molecular weight excluding hydrogens is 120 g/mol. The normalized spacial score (nSPS) is 45.0. The fourth-order valence-corrected chi connectivity index (χ4v) is 1.13. The van der Waals surface area contributed by atoms with E-state index in [1.54, 1.807) is 0 Å². The second-order valence-electron chi connectivity index (χ2n) is 2.56. The maximum absolute atomic E-state index is 8.95. The van der Waals surface area contributed by atoms with Crippen LogP contribution in [0.3, 0.4) is 0 Å². The van der Waals surface area contributed by atoms with E-state index >= 15 is 0 Å². The van der Waals surface area contributed by atoms with E-state index in [-0.39, 0.29) is 0 Å². The lowest BCUT2D eigenvalue weighted by atomic mass is 9.92. The van der Waals surface area contributed by atoms with Crippen molar-refractivity contribution in [1.29, 1.82) is 0 Å². The molecule has 3 N–H and O–H groups in total. The molecule has 1 saturated carbocycles. The summed E-state index contributed by atoms with van der Waals surface area (Å²) in [7, 11) is 0. The minimum absolute atomic E-state index is 0.609. The van der Waals surface area contributed by atoms with E-state index < -0.39 is 18.3 Å². The molecule has 1 aliphatic carbocycles. The van der Waals surface area contributed by atoms with Gasteiger partial charge in [-0.05, 0) is 19.3 Å². The summed E-state index contributed by atoms with van der Waals surface area (Å²) in [6, 6.07) is 0. The zero-order valence-electron chi connectivity index (χ0n) is 5.20. The molecule has 2 unspecified atom stereocenters. The predicted octanol–water partition coefficient (Wildman–Crippen LogP) is -0.747. The molecule has 0 saturated heterocycles. The summed E-state index contributed by atoms with van der Waals surface area (Å²) in [5, 5.41) is 26.8. The van der Waals surface area contributed by atoms with Crippen LogP contribution in [-0.4, -0.2) is 33.6 Å². The van der Waals surface area contributed by atoms with Crippen LogP contribution in [0.5, 0.6) is 0 Å². The van der Waals surface area contributed by atoms with Gasteiger partial charge in [0.25, 0.3) is 0 Å². The van der Waals surface area contributed by atoms with Crippen LogP contribution in [0.25, 0.3) is 0 Å². The Kier molecular flexibility index (Phi) is 2.05. The third-order valence-corrected chi connectivity index (χ3v) is 1.79. The first-order valence-corrected chi connectivity index (χ1v) is 3.26. The molecular formula is C6H12O3. The molecule has 0 heterocycles. The van der Waals surface area contributed by atoms with E-state index in [0.29, 0.717) is 12.8 Å². The molecule has 0 amide bonds. The van der Waals surface area contributed by atoms with E-state index in [1.165, 1.54) is 0 Å². The van der Waals surface area contributed by atoms with Crippen LogP contribution in [0, 0.1) is 0 Å². The molecule has 0 aliphatic heterocycles. The molecule has 9 heavy (non-hydrogen) atoms. The molecule has 0 spiro atoms. The van der Waals surface area contributed by atoms with Crippen LogP contribution >= 0.6 is 0 Å². The summed E-state index contributed by atoms with van der Waals surface area (Å²) in [6.45, 7) is 0. The second-order valence-corrected chi connectivity index (χ2v) is 2.56. The van der Waals surface area contributed by atoms with Gasteiger partial charge in [-0.2, -0.15) is 0 Å². The van der Waals surface area contributed by atoms with Gasteiger partial charge in [-0.3, -0.25) is 0 Å². The van der Waals surface area contributed by atoms with Crippen molar-refractivity contribution in [2.75, 3.05) is 0 Å². The minimum Gasteiger partial charge on any atom is -0.390 e. The van der Waals surface area contributed by atoms with E-state index in [0.717, 1.165) is 6.42 Å². The Morgan fingerprint density at radius 3 is 1.67 bits per heavy atom. The smallest absolute Gasteiger partial charge is 0.106 e. The van der Waals surface area contributed by atoms with Gasteiger partial charge < -0.3 is 15.3 Å². The Hall–Kier alpha value is -0.120. The molecule has 0 radical (unpaired) electrons. The highest BCUT2D eigenvalue weighted by Gasteiger charge is 2.28. The summed E-state index contributed by atoms with van der Waals surface area (Å²) in [5.74, 6) is 0. The third kappa shape index (κ3) is 1.41. The zero-order chi connectivity index (χ0) is 6.85. The first kappa shape index (κ1) is 6.99. The third-order valence-electron chi connectivity index (χ3n) is 1.79. The van der Waals surface area contributed by atoms with Gasteiger partial charge >= 0.3 is 0 Å². The van der Waals surface area contributed by atoms with Crippen molar-refractivity contribution in [2.45, 2.75) is 37.6 Å². The van der Waals surface area contributed by atoms with Gasteiger partial charge in [0, 0.05) is 0 Å². The molecule has 1 rings (SSSR count). The van der Waals surface area contributed by atoms with Gasteiger partial charge in [0.15, 0.2) is 0 Å². The van der Waals surface area contributed by atoms with Gasteiger partial charge in [0.1, 0.15) is 6.10 Å². The summed E-state index contributed by atoms with van der Waals surface area (Å²) in [5.41, 5.74) is 0. The van der Waals surface area contributed by atoms with Crippen LogP contribution in [0.4, 0.5) is 0 Å². The topological polar surface area (TPSA) is 60.7 Å². The first-order valence-electron chi connectivity index (χ1n) is 3.26. The quantitative estimate of drug-likeness (QED) is 0.406. The average Bonchev–Trinajstić information content (AvgIpc) is 1.83. The van der Waals surface area contributed by atoms with E-state index in [4.69, 9.17) is 15.3 Å². The fourth-order valence-electron chi connectivity index (χ4n) is 1.13. The molecule has 0 aromatic rings. The highest BCUT2D eigenvalue weighted by Crippen LogP contribution is 2.18. The van der Waals surface area contributed by atoms with Crippen molar-refractivity contribution in [3.05, 3.63) is 0 Å². The average molecular weight is 132 g/mol. The zero-order valence-corrected chi connectivity index (χ0v) is 5.20. The van der Waals surface area contributed by atoms with E-state index in [9.17, 15) is 0 Å². The Morgan fingerprint density at radius 1 is 0.889 bits per heavy atom. The Labute approximate surface area is 53.9 Å². The largest absolute Gasteiger partial charge is 0.390 e. The molecule has 1 fully saturated rings. The van der Waals surface area contributed by atoms with Crippen molar-refractivity contribution in [3.63, 3.8) is 0 Å². The van der Waals surface area contributed by atoms with Crippen molar-refractivity contribution >= 4 is 0 Å². The monoisotopic (exact) mass is 132 g/mol. The Bertz CT molecular complexity index is 84.3. The minimum atomic E-state index is -0.918. The fraction of sp³-hybridized carbons (Fsp3) is 1.00. The maximum atomic E-state index is 8.95. The number of hydrogen-bond donors (Lipinski definition) is 3. The van der Waals surface area contributed by atoms with Gasteiger partial charge in [0.05, 0.1) is 12.2 Å². The van der Waals surface area contributed by atoms with Crippen LogP contribution < -0.4 is 0 Å². The number of aliphatic hydroxyl groups is 3. The van der Waals surface area contributed by atoms with E-state index in [1.807, 2.05) is 0 Å². The molecule has 0 aromatic carbocycles. The van der Waals surface area contributed by atoms with Gasteiger partial charge in [-0.15, -0.1) is 0 Å². The molecule has 54 valence electrons. The Morgan fingerprint density at radius 2 is 1.33 bits per heavy atom. The Balaban J connectivity index is 2.41. The standard InChI is InChI=1S/C6H12O3/c7-4-2-1-3-5(8)6(4)9/h4-9H,1-3H2/t4-,5?,6?/m1/s1. The van der Waals surface area contributed by atoms with Gasteiger partial charge in [-0.25, -0.2) is 0 Å². The molecule has 0 bridgehead atoms. The number of hydrogen-bond acceptors (Lipinski definition) is 3. The van der Waals surface area contributed by atoms with Gasteiger partial charge in [-0.1, -0.05) is 0 Å². The molecule has 0 aromatic heterocycles. The van der Waals surface area contributed by atoms with Crippen LogP contribution in [0.15, 0.2) is 0 Å².